The van der Waals surface area contributed by atoms with Crippen molar-refractivity contribution in [3.05, 3.63) is 58.1 Å². The molecule has 3 amide bonds. The maximum absolute atomic E-state index is 12.6. The Morgan fingerprint density at radius 3 is 2.69 bits per heavy atom. The van der Waals surface area contributed by atoms with E-state index >= 15 is 0 Å². The van der Waals surface area contributed by atoms with Crippen molar-refractivity contribution in [2.45, 2.75) is 32.6 Å². The van der Waals surface area contributed by atoms with Crippen LogP contribution in [0.4, 0.5) is 10.5 Å². The van der Waals surface area contributed by atoms with E-state index in [1.54, 1.807) is 18.2 Å². The second-order valence-electron chi connectivity index (χ2n) is 8.08. The number of hydrogen-bond donors (Lipinski definition) is 2. The van der Waals surface area contributed by atoms with Crippen LogP contribution in [0.2, 0.25) is 10.0 Å². The number of urea groups is 1. The number of benzene rings is 2. The molecule has 1 aliphatic rings. The van der Waals surface area contributed by atoms with Gasteiger partial charge < -0.3 is 20.3 Å². The Morgan fingerprint density at radius 2 is 1.94 bits per heavy atom. The number of halogens is 2. The molecule has 0 bridgehead atoms. The standard InChI is InChI=1S/C24H29Cl2N3O3/c1-17-6-9-20(10-7-17)28-24(31)27-15-18-4-2-12-29(16-18)23(30)5-3-13-32-22-11-8-19(25)14-21(22)26/h6-11,14,18H,2-5,12-13,15-16H2,1H3,(H2,27,28,31). The van der Waals surface area contributed by atoms with Gasteiger partial charge in [0.05, 0.1) is 11.6 Å². The number of ether oxygens (including phenoxy) is 1. The summed E-state index contributed by atoms with van der Waals surface area (Å²) < 4.78 is 5.66. The molecule has 0 radical (unpaired) electrons. The van der Waals surface area contributed by atoms with Gasteiger partial charge in [-0.05, 0) is 62.4 Å². The highest BCUT2D eigenvalue weighted by molar-refractivity contribution is 6.35. The van der Waals surface area contributed by atoms with Crippen LogP contribution in [0.5, 0.6) is 5.75 Å². The monoisotopic (exact) mass is 477 g/mol. The minimum absolute atomic E-state index is 0.115. The number of amides is 3. The number of nitrogens with zero attached hydrogens (tertiary/aromatic N) is 1. The molecule has 1 saturated heterocycles. The third-order valence-corrected chi connectivity index (χ3v) is 5.95. The van der Waals surface area contributed by atoms with Crippen LogP contribution in [-0.2, 0) is 4.79 Å². The van der Waals surface area contributed by atoms with Gasteiger partial charge in [-0.15, -0.1) is 0 Å². The fourth-order valence-electron chi connectivity index (χ4n) is 3.66. The van der Waals surface area contributed by atoms with Gasteiger partial charge in [-0.2, -0.15) is 0 Å². The van der Waals surface area contributed by atoms with Gasteiger partial charge in [0, 0.05) is 36.8 Å². The van der Waals surface area contributed by atoms with Gasteiger partial charge in [0.15, 0.2) is 0 Å². The Kier molecular flexibility index (Phi) is 9.06. The number of hydrogen-bond acceptors (Lipinski definition) is 3. The summed E-state index contributed by atoms with van der Waals surface area (Å²) >= 11 is 12.0. The largest absolute Gasteiger partial charge is 0.492 e. The van der Waals surface area contributed by atoms with Gasteiger partial charge in [-0.1, -0.05) is 40.9 Å². The second-order valence-corrected chi connectivity index (χ2v) is 8.92. The van der Waals surface area contributed by atoms with Crippen LogP contribution < -0.4 is 15.4 Å². The third-order valence-electron chi connectivity index (χ3n) is 5.42. The molecule has 1 unspecified atom stereocenters. The first-order valence-electron chi connectivity index (χ1n) is 10.9. The van der Waals surface area contributed by atoms with E-state index in [1.165, 1.54) is 0 Å². The molecular formula is C24H29Cl2N3O3. The number of carbonyl (C=O) groups is 2. The lowest BCUT2D eigenvalue weighted by atomic mass is 9.97. The zero-order chi connectivity index (χ0) is 22.9. The van der Waals surface area contributed by atoms with Gasteiger partial charge in [0.2, 0.25) is 5.91 Å². The molecule has 0 saturated carbocycles. The smallest absolute Gasteiger partial charge is 0.319 e. The topological polar surface area (TPSA) is 70.7 Å². The van der Waals surface area contributed by atoms with Crippen LogP contribution in [0.1, 0.15) is 31.2 Å². The van der Waals surface area contributed by atoms with Gasteiger partial charge in [0.1, 0.15) is 5.75 Å². The van der Waals surface area contributed by atoms with Crippen molar-refractivity contribution in [2.75, 3.05) is 31.6 Å². The van der Waals surface area contributed by atoms with Crippen molar-refractivity contribution in [3.63, 3.8) is 0 Å². The van der Waals surface area contributed by atoms with Crippen LogP contribution in [0, 0.1) is 12.8 Å². The van der Waals surface area contributed by atoms with E-state index in [0.29, 0.717) is 48.3 Å². The Morgan fingerprint density at radius 1 is 1.16 bits per heavy atom. The Labute approximate surface area is 199 Å². The Bertz CT molecular complexity index is 921. The molecule has 0 aromatic heterocycles. The minimum atomic E-state index is -0.227. The van der Waals surface area contributed by atoms with Crippen molar-refractivity contribution in [2.24, 2.45) is 5.92 Å². The molecule has 2 aromatic rings. The number of carbonyl (C=O) groups excluding carboxylic acids is 2. The maximum Gasteiger partial charge on any atom is 0.319 e. The molecule has 32 heavy (non-hydrogen) atoms. The normalized spacial score (nSPS) is 15.8. The number of anilines is 1. The molecule has 8 heteroatoms. The summed E-state index contributed by atoms with van der Waals surface area (Å²) in [5, 5.41) is 6.78. The molecule has 3 rings (SSSR count). The summed E-state index contributed by atoms with van der Waals surface area (Å²) in [6.07, 6.45) is 2.96. The lowest BCUT2D eigenvalue weighted by Gasteiger charge is -2.33. The summed E-state index contributed by atoms with van der Waals surface area (Å²) in [6.45, 7) is 4.37. The van der Waals surface area contributed by atoms with E-state index in [9.17, 15) is 9.59 Å². The first-order valence-corrected chi connectivity index (χ1v) is 11.6. The zero-order valence-electron chi connectivity index (χ0n) is 18.2. The summed E-state index contributed by atoms with van der Waals surface area (Å²) in [6, 6.07) is 12.5. The number of piperidine rings is 1. The van der Waals surface area contributed by atoms with Crippen LogP contribution in [0.25, 0.3) is 0 Å². The lowest BCUT2D eigenvalue weighted by Crippen LogP contribution is -2.44. The first-order chi connectivity index (χ1) is 15.4. The van der Waals surface area contributed by atoms with E-state index in [2.05, 4.69) is 10.6 Å². The molecule has 2 N–H and O–H groups in total. The maximum atomic E-state index is 12.6. The van der Waals surface area contributed by atoms with Crippen LogP contribution in [0.15, 0.2) is 42.5 Å². The van der Waals surface area contributed by atoms with Crippen molar-refractivity contribution < 1.29 is 14.3 Å². The second kappa shape index (κ2) is 12.0. The molecule has 0 aliphatic carbocycles. The van der Waals surface area contributed by atoms with Gasteiger partial charge in [0.25, 0.3) is 0 Å². The van der Waals surface area contributed by atoms with E-state index in [4.69, 9.17) is 27.9 Å². The SMILES string of the molecule is Cc1ccc(NC(=O)NCC2CCCN(C(=O)CCCOc3ccc(Cl)cc3Cl)C2)cc1. The highest BCUT2D eigenvalue weighted by Crippen LogP contribution is 2.27. The first kappa shape index (κ1) is 24.2. The van der Waals surface area contributed by atoms with E-state index in [-0.39, 0.29) is 17.9 Å². The summed E-state index contributed by atoms with van der Waals surface area (Å²) in [5.74, 6) is 0.932. The molecule has 1 heterocycles. The van der Waals surface area contributed by atoms with Gasteiger partial charge in [-0.25, -0.2) is 4.79 Å². The number of rotatable bonds is 8. The molecule has 1 aliphatic heterocycles. The minimum Gasteiger partial charge on any atom is -0.492 e. The average Bonchev–Trinajstić information content (AvgIpc) is 2.78. The summed E-state index contributed by atoms with van der Waals surface area (Å²) in [5.41, 5.74) is 1.90. The zero-order valence-corrected chi connectivity index (χ0v) is 19.7. The molecule has 6 nitrogen and oxygen atoms in total. The molecule has 2 aromatic carbocycles. The van der Waals surface area contributed by atoms with Crippen molar-refractivity contribution >= 4 is 40.8 Å². The van der Waals surface area contributed by atoms with Crippen LogP contribution >= 0.6 is 23.2 Å². The fraction of sp³-hybridized carbons (Fsp3) is 0.417. The fourth-order valence-corrected chi connectivity index (χ4v) is 4.13. The Balaban J connectivity index is 1.35. The van der Waals surface area contributed by atoms with E-state index < -0.39 is 0 Å². The van der Waals surface area contributed by atoms with Crippen LogP contribution in [0.3, 0.4) is 0 Å². The van der Waals surface area contributed by atoms with Crippen molar-refractivity contribution in [3.8, 4) is 5.75 Å². The highest BCUT2D eigenvalue weighted by atomic mass is 35.5. The predicted octanol–water partition coefficient (Wildman–Crippen LogP) is 5.52. The predicted molar refractivity (Wildman–Crippen MR) is 129 cm³/mol. The number of nitrogens with one attached hydrogen (secondary N) is 2. The third kappa shape index (κ3) is 7.61. The number of aryl methyl sites for hydroxylation is 1. The summed E-state index contributed by atoms with van der Waals surface area (Å²) in [7, 11) is 0. The van der Waals surface area contributed by atoms with Crippen LogP contribution in [-0.4, -0.2) is 43.1 Å². The van der Waals surface area contributed by atoms with Gasteiger partial charge >= 0.3 is 6.03 Å². The van der Waals surface area contributed by atoms with E-state index in [1.807, 2.05) is 36.1 Å². The Hall–Kier alpha value is -2.44. The quantitative estimate of drug-likeness (QED) is 0.491. The molecule has 0 spiro atoms. The molecule has 1 atom stereocenters. The van der Waals surface area contributed by atoms with E-state index in [0.717, 1.165) is 30.6 Å². The summed E-state index contributed by atoms with van der Waals surface area (Å²) in [4.78, 5) is 26.6. The molecule has 1 fully saturated rings. The molecular weight excluding hydrogens is 449 g/mol. The van der Waals surface area contributed by atoms with Crippen molar-refractivity contribution in [1.82, 2.24) is 10.2 Å². The number of likely N-dealkylation sites (tertiary alicyclic amines) is 1. The average molecular weight is 478 g/mol. The lowest BCUT2D eigenvalue weighted by molar-refractivity contribution is -0.133. The highest BCUT2D eigenvalue weighted by Gasteiger charge is 2.23. The molecule has 172 valence electrons. The van der Waals surface area contributed by atoms with Gasteiger partial charge in [-0.3, -0.25) is 4.79 Å². The van der Waals surface area contributed by atoms with Crippen molar-refractivity contribution in [1.29, 1.82) is 0 Å².